The van der Waals surface area contributed by atoms with Gasteiger partial charge in [0.1, 0.15) is 22.5 Å². The van der Waals surface area contributed by atoms with Gasteiger partial charge in [0.2, 0.25) is 9.84 Å². The molecule has 0 saturated carbocycles. The van der Waals surface area contributed by atoms with Crippen molar-refractivity contribution in [3.63, 3.8) is 0 Å². The van der Waals surface area contributed by atoms with E-state index in [0.29, 0.717) is 17.9 Å². The van der Waals surface area contributed by atoms with Gasteiger partial charge in [-0.1, -0.05) is 19.1 Å². The highest BCUT2D eigenvalue weighted by molar-refractivity contribution is 7.95. The SMILES string of the molecule is CCCOc1ccc(C=C(C#N)S(=O)(=O)c2ccc(F)cc2)cc1. The molecule has 0 unspecified atom stereocenters. The molecule has 0 amide bonds. The number of hydrogen-bond donors (Lipinski definition) is 0. The summed E-state index contributed by atoms with van der Waals surface area (Å²) in [6.07, 6.45) is 2.17. The Morgan fingerprint density at radius 2 is 1.79 bits per heavy atom. The van der Waals surface area contributed by atoms with Gasteiger partial charge in [-0.15, -0.1) is 0 Å². The molecule has 0 fully saturated rings. The molecule has 24 heavy (non-hydrogen) atoms. The first-order valence-corrected chi connectivity index (χ1v) is 8.81. The number of rotatable bonds is 6. The minimum Gasteiger partial charge on any atom is -0.494 e. The molecule has 0 aliphatic heterocycles. The highest BCUT2D eigenvalue weighted by atomic mass is 32.2. The Balaban J connectivity index is 2.31. The van der Waals surface area contributed by atoms with E-state index >= 15 is 0 Å². The van der Waals surface area contributed by atoms with E-state index in [4.69, 9.17) is 4.74 Å². The van der Waals surface area contributed by atoms with E-state index in [0.717, 1.165) is 30.7 Å². The van der Waals surface area contributed by atoms with E-state index in [9.17, 15) is 18.1 Å². The fourth-order valence-electron chi connectivity index (χ4n) is 1.94. The normalized spacial score (nSPS) is 11.8. The second-order valence-corrected chi connectivity index (χ2v) is 6.91. The number of benzene rings is 2. The molecule has 2 aromatic carbocycles. The van der Waals surface area contributed by atoms with Crippen LogP contribution in [0, 0.1) is 17.1 Å². The van der Waals surface area contributed by atoms with Crippen molar-refractivity contribution in [1.29, 1.82) is 5.26 Å². The van der Waals surface area contributed by atoms with Gasteiger partial charge in [-0.05, 0) is 54.5 Å². The van der Waals surface area contributed by atoms with Crippen LogP contribution in [0.2, 0.25) is 0 Å². The second-order valence-electron chi connectivity index (χ2n) is 5.00. The summed E-state index contributed by atoms with van der Waals surface area (Å²) < 4.78 is 43.3. The van der Waals surface area contributed by atoms with E-state index in [1.807, 2.05) is 6.92 Å². The van der Waals surface area contributed by atoms with Crippen LogP contribution in [0.15, 0.2) is 58.3 Å². The van der Waals surface area contributed by atoms with Crippen LogP contribution in [0.5, 0.6) is 5.75 Å². The van der Waals surface area contributed by atoms with Gasteiger partial charge in [-0.3, -0.25) is 0 Å². The number of sulfone groups is 1. The molecule has 0 heterocycles. The van der Waals surface area contributed by atoms with Crippen molar-refractivity contribution < 1.29 is 17.5 Å². The lowest BCUT2D eigenvalue weighted by molar-refractivity contribution is 0.317. The molecule has 4 nitrogen and oxygen atoms in total. The maximum absolute atomic E-state index is 12.9. The molecule has 124 valence electrons. The van der Waals surface area contributed by atoms with Gasteiger partial charge < -0.3 is 4.74 Å². The van der Waals surface area contributed by atoms with Crippen molar-refractivity contribution >= 4 is 15.9 Å². The predicted octanol–water partition coefficient (Wildman–Crippen LogP) is 3.95. The van der Waals surface area contributed by atoms with Crippen molar-refractivity contribution in [2.24, 2.45) is 0 Å². The third kappa shape index (κ3) is 4.21. The van der Waals surface area contributed by atoms with Crippen LogP contribution >= 0.6 is 0 Å². The Morgan fingerprint density at radius 3 is 2.33 bits per heavy atom. The Hall–Kier alpha value is -2.65. The molecule has 0 atom stereocenters. The molecule has 0 spiro atoms. The van der Waals surface area contributed by atoms with E-state index in [2.05, 4.69) is 0 Å². The maximum atomic E-state index is 12.9. The van der Waals surface area contributed by atoms with Crippen molar-refractivity contribution in [2.45, 2.75) is 18.2 Å². The topological polar surface area (TPSA) is 67.2 Å². The van der Waals surface area contributed by atoms with Crippen LogP contribution < -0.4 is 4.74 Å². The van der Waals surface area contributed by atoms with E-state index in [1.54, 1.807) is 30.3 Å². The van der Waals surface area contributed by atoms with Crippen molar-refractivity contribution in [1.82, 2.24) is 0 Å². The van der Waals surface area contributed by atoms with Gasteiger partial charge in [0.15, 0.2) is 0 Å². The fourth-order valence-corrected chi connectivity index (χ4v) is 3.10. The zero-order valence-corrected chi connectivity index (χ0v) is 13.9. The zero-order valence-electron chi connectivity index (χ0n) is 13.1. The summed E-state index contributed by atoms with van der Waals surface area (Å²) in [6, 6.07) is 12.8. The maximum Gasteiger partial charge on any atom is 0.216 e. The Bertz CT molecular complexity index is 864. The van der Waals surface area contributed by atoms with Crippen LogP contribution in [0.1, 0.15) is 18.9 Å². The third-order valence-corrected chi connectivity index (χ3v) is 4.86. The summed E-state index contributed by atoms with van der Waals surface area (Å²) in [4.78, 5) is -0.532. The van der Waals surface area contributed by atoms with Crippen LogP contribution in [0.3, 0.4) is 0 Å². The summed E-state index contributed by atoms with van der Waals surface area (Å²) >= 11 is 0. The molecule has 0 aliphatic rings. The van der Waals surface area contributed by atoms with Crippen LogP contribution in [0.4, 0.5) is 4.39 Å². The van der Waals surface area contributed by atoms with Crippen molar-refractivity contribution in [3.05, 3.63) is 64.8 Å². The molecule has 0 aliphatic carbocycles. The highest BCUT2D eigenvalue weighted by Crippen LogP contribution is 2.22. The van der Waals surface area contributed by atoms with Gasteiger partial charge in [0.25, 0.3) is 0 Å². The molecule has 2 rings (SSSR count). The minimum atomic E-state index is -3.99. The Morgan fingerprint density at radius 1 is 1.17 bits per heavy atom. The molecule has 0 bridgehead atoms. The first-order chi connectivity index (χ1) is 11.5. The van der Waals surface area contributed by atoms with Crippen molar-refractivity contribution in [2.75, 3.05) is 6.61 Å². The summed E-state index contributed by atoms with van der Waals surface area (Å²) in [5, 5.41) is 9.21. The van der Waals surface area contributed by atoms with E-state index in [1.165, 1.54) is 6.08 Å². The van der Waals surface area contributed by atoms with Crippen LogP contribution in [-0.2, 0) is 9.84 Å². The van der Waals surface area contributed by atoms with Gasteiger partial charge in [0.05, 0.1) is 11.5 Å². The Kier molecular flexibility index (Phi) is 5.72. The van der Waals surface area contributed by atoms with Crippen molar-refractivity contribution in [3.8, 4) is 11.8 Å². The predicted molar refractivity (Wildman–Crippen MR) is 89.4 cm³/mol. The van der Waals surface area contributed by atoms with E-state index in [-0.39, 0.29) is 4.90 Å². The van der Waals surface area contributed by atoms with Gasteiger partial charge >= 0.3 is 0 Å². The monoisotopic (exact) mass is 345 g/mol. The molecular weight excluding hydrogens is 329 g/mol. The number of nitrogens with zero attached hydrogens (tertiary/aromatic N) is 1. The molecule has 0 radical (unpaired) electrons. The Labute approximate surface area is 140 Å². The van der Waals surface area contributed by atoms with E-state index < -0.39 is 20.6 Å². The molecule has 0 aromatic heterocycles. The zero-order chi connectivity index (χ0) is 17.6. The highest BCUT2D eigenvalue weighted by Gasteiger charge is 2.20. The molecule has 2 aromatic rings. The lowest BCUT2D eigenvalue weighted by Crippen LogP contribution is -2.03. The third-order valence-electron chi connectivity index (χ3n) is 3.17. The quantitative estimate of drug-likeness (QED) is 0.587. The minimum absolute atomic E-state index is 0.125. The molecule has 6 heteroatoms. The number of halogens is 1. The van der Waals surface area contributed by atoms with Gasteiger partial charge in [-0.2, -0.15) is 5.26 Å². The van der Waals surface area contributed by atoms with Crippen LogP contribution in [-0.4, -0.2) is 15.0 Å². The number of hydrogen-bond acceptors (Lipinski definition) is 4. The number of nitriles is 1. The summed E-state index contributed by atoms with van der Waals surface area (Å²) in [5.41, 5.74) is 0.557. The number of ether oxygens (including phenoxy) is 1. The average Bonchev–Trinajstić information content (AvgIpc) is 2.59. The summed E-state index contributed by atoms with van der Waals surface area (Å²) in [7, 11) is -3.99. The smallest absolute Gasteiger partial charge is 0.216 e. The molecular formula is C18H16FNO3S. The first-order valence-electron chi connectivity index (χ1n) is 7.32. The molecule has 0 saturated heterocycles. The fraction of sp³-hybridized carbons (Fsp3) is 0.167. The second kappa shape index (κ2) is 7.75. The summed E-state index contributed by atoms with van der Waals surface area (Å²) in [5.74, 6) is 0.132. The largest absolute Gasteiger partial charge is 0.494 e. The lowest BCUT2D eigenvalue weighted by Gasteiger charge is -2.05. The first kappa shape index (κ1) is 17.7. The van der Waals surface area contributed by atoms with Crippen LogP contribution in [0.25, 0.3) is 6.08 Å². The van der Waals surface area contributed by atoms with Gasteiger partial charge in [-0.25, -0.2) is 12.8 Å². The average molecular weight is 345 g/mol. The van der Waals surface area contributed by atoms with Gasteiger partial charge in [0, 0.05) is 0 Å². The number of allylic oxidation sites excluding steroid dienone is 1. The molecule has 0 N–H and O–H groups in total. The summed E-state index contributed by atoms with van der Waals surface area (Å²) in [6.45, 7) is 2.59. The standard InChI is InChI=1S/C18H16FNO3S/c1-2-11-23-16-7-3-14(4-8-16)12-18(13-20)24(21,22)17-9-5-15(19)6-10-17/h3-10,12H,2,11H2,1H3. The lowest BCUT2D eigenvalue weighted by atomic mass is 10.2.